The van der Waals surface area contributed by atoms with E-state index in [1.54, 1.807) is 31.4 Å². The fraction of sp³-hybridized carbons (Fsp3) is 0.231. The van der Waals surface area contributed by atoms with Crippen molar-refractivity contribution in [1.29, 1.82) is 0 Å². The molecule has 2 N–H and O–H groups in total. The van der Waals surface area contributed by atoms with Crippen LogP contribution in [0.3, 0.4) is 0 Å². The quantitative estimate of drug-likeness (QED) is 0.837. The first-order valence-electron chi connectivity index (χ1n) is 5.65. The highest BCUT2D eigenvalue weighted by molar-refractivity contribution is 5.56. The van der Waals surface area contributed by atoms with Gasteiger partial charge in [0.2, 0.25) is 5.88 Å². The van der Waals surface area contributed by atoms with E-state index in [1.807, 2.05) is 6.92 Å². The number of benzene rings is 1. The van der Waals surface area contributed by atoms with Gasteiger partial charge >= 0.3 is 0 Å². The van der Waals surface area contributed by atoms with Gasteiger partial charge in [-0.1, -0.05) is 6.92 Å². The number of hydrogen-bond donors (Lipinski definition) is 1. The number of nitrogens with zero attached hydrogens (tertiary/aromatic N) is 2. The Morgan fingerprint density at radius 1 is 1.22 bits per heavy atom. The van der Waals surface area contributed by atoms with Crippen molar-refractivity contribution < 1.29 is 9.47 Å². The van der Waals surface area contributed by atoms with Crippen molar-refractivity contribution in [2.45, 2.75) is 13.3 Å². The fourth-order valence-corrected chi connectivity index (χ4v) is 1.52. The van der Waals surface area contributed by atoms with Crippen molar-refractivity contribution in [2.24, 2.45) is 0 Å². The molecule has 0 radical (unpaired) electrons. The maximum Gasteiger partial charge on any atom is 0.222 e. The number of methoxy groups -OCH3 is 1. The molecule has 0 unspecified atom stereocenters. The van der Waals surface area contributed by atoms with E-state index in [0.717, 1.165) is 12.1 Å². The van der Waals surface area contributed by atoms with E-state index in [9.17, 15) is 0 Å². The standard InChI is InChI=1S/C13H15N3O2/c1-3-9-6-13(16-8-15-9)18-10-4-5-12(17-2)11(14)7-10/h4-8H,3,14H2,1-2H3. The zero-order valence-electron chi connectivity index (χ0n) is 10.4. The number of ether oxygens (including phenoxy) is 2. The van der Waals surface area contributed by atoms with Gasteiger partial charge in [-0.25, -0.2) is 9.97 Å². The molecule has 0 aliphatic carbocycles. The molecule has 5 heteroatoms. The molecule has 0 amide bonds. The minimum absolute atomic E-state index is 0.506. The molecule has 0 aliphatic heterocycles. The van der Waals surface area contributed by atoms with Crippen molar-refractivity contribution in [3.8, 4) is 17.4 Å². The van der Waals surface area contributed by atoms with Crippen molar-refractivity contribution in [2.75, 3.05) is 12.8 Å². The number of aryl methyl sites for hydroxylation is 1. The summed E-state index contributed by atoms with van der Waals surface area (Å²) in [4.78, 5) is 8.16. The van der Waals surface area contributed by atoms with Crippen molar-refractivity contribution >= 4 is 5.69 Å². The maximum absolute atomic E-state index is 5.80. The van der Waals surface area contributed by atoms with Crippen LogP contribution in [0.1, 0.15) is 12.6 Å². The zero-order valence-corrected chi connectivity index (χ0v) is 10.4. The van der Waals surface area contributed by atoms with Crippen molar-refractivity contribution in [3.63, 3.8) is 0 Å². The molecule has 2 aromatic rings. The molecule has 0 fully saturated rings. The highest BCUT2D eigenvalue weighted by Gasteiger charge is 2.04. The summed E-state index contributed by atoms with van der Waals surface area (Å²) in [5.74, 6) is 1.75. The summed E-state index contributed by atoms with van der Waals surface area (Å²) < 4.78 is 10.7. The molecule has 94 valence electrons. The Bertz CT molecular complexity index is 544. The van der Waals surface area contributed by atoms with E-state index in [4.69, 9.17) is 15.2 Å². The Morgan fingerprint density at radius 2 is 2.06 bits per heavy atom. The minimum Gasteiger partial charge on any atom is -0.495 e. The molecular formula is C13H15N3O2. The third-order valence-corrected chi connectivity index (χ3v) is 2.48. The average molecular weight is 245 g/mol. The molecule has 0 saturated carbocycles. The minimum atomic E-state index is 0.506. The summed E-state index contributed by atoms with van der Waals surface area (Å²) in [5, 5.41) is 0. The molecule has 1 aromatic heterocycles. The number of rotatable bonds is 4. The smallest absolute Gasteiger partial charge is 0.222 e. The van der Waals surface area contributed by atoms with Crippen LogP contribution >= 0.6 is 0 Å². The number of anilines is 1. The Labute approximate surface area is 106 Å². The molecule has 0 spiro atoms. The molecule has 0 atom stereocenters. The number of hydrogen-bond acceptors (Lipinski definition) is 5. The van der Waals surface area contributed by atoms with Gasteiger partial charge in [0.15, 0.2) is 0 Å². The van der Waals surface area contributed by atoms with E-state index in [0.29, 0.717) is 23.1 Å². The maximum atomic E-state index is 5.80. The van der Waals surface area contributed by atoms with Crippen LogP contribution in [-0.2, 0) is 6.42 Å². The number of nitrogen functional groups attached to an aromatic ring is 1. The van der Waals surface area contributed by atoms with Gasteiger partial charge in [0.1, 0.15) is 17.8 Å². The highest BCUT2D eigenvalue weighted by Crippen LogP contribution is 2.28. The van der Waals surface area contributed by atoms with Crippen molar-refractivity contribution in [3.05, 3.63) is 36.3 Å². The average Bonchev–Trinajstić information content (AvgIpc) is 2.39. The molecule has 0 aliphatic rings. The second-order valence-electron chi connectivity index (χ2n) is 3.71. The predicted molar refractivity (Wildman–Crippen MR) is 68.9 cm³/mol. The SMILES string of the molecule is CCc1cc(Oc2ccc(OC)c(N)c2)ncn1. The highest BCUT2D eigenvalue weighted by atomic mass is 16.5. The first kappa shape index (κ1) is 12.2. The molecule has 1 aromatic carbocycles. The predicted octanol–water partition coefficient (Wildman–Crippen LogP) is 2.42. The van der Waals surface area contributed by atoms with E-state index >= 15 is 0 Å². The van der Waals surface area contributed by atoms with Crippen molar-refractivity contribution in [1.82, 2.24) is 9.97 Å². The molecule has 0 bridgehead atoms. The van der Waals surface area contributed by atoms with Crippen LogP contribution in [-0.4, -0.2) is 17.1 Å². The summed E-state index contributed by atoms with van der Waals surface area (Å²) in [6, 6.07) is 7.04. The second kappa shape index (κ2) is 5.35. The lowest BCUT2D eigenvalue weighted by atomic mass is 10.3. The van der Waals surface area contributed by atoms with Gasteiger partial charge in [-0.3, -0.25) is 0 Å². The Hall–Kier alpha value is -2.30. The van der Waals surface area contributed by atoms with Gasteiger partial charge in [-0.05, 0) is 18.6 Å². The van der Waals surface area contributed by atoms with Gasteiger partial charge in [0.05, 0.1) is 12.8 Å². The first-order chi connectivity index (χ1) is 8.72. The van der Waals surface area contributed by atoms with Crippen LogP contribution in [0.15, 0.2) is 30.6 Å². The fourth-order valence-electron chi connectivity index (χ4n) is 1.52. The number of nitrogens with two attached hydrogens (primary N) is 1. The molecule has 18 heavy (non-hydrogen) atoms. The van der Waals surface area contributed by atoms with E-state index in [-0.39, 0.29) is 0 Å². The monoisotopic (exact) mass is 245 g/mol. The van der Waals surface area contributed by atoms with Crippen LogP contribution in [0.2, 0.25) is 0 Å². The number of aromatic nitrogens is 2. The van der Waals surface area contributed by atoms with Crippen LogP contribution < -0.4 is 15.2 Å². The summed E-state index contributed by atoms with van der Waals surface area (Å²) in [5.41, 5.74) is 7.26. The third-order valence-electron chi connectivity index (χ3n) is 2.48. The van der Waals surface area contributed by atoms with Gasteiger partial charge in [0.25, 0.3) is 0 Å². The molecule has 5 nitrogen and oxygen atoms in total. The Balaban J connectivity index is 2.20. The van der Waals surface area contributed by atoms with Gasteiger partial charge in [-0.2, -0.15) is 0 Å². The molecule has 0 saturated heterocycles. The molecular weight excluding hydrogens is 230 g/mol. The third kappa shape index (κ3) is 2.68. The summed E-state index contributed by atoms with van der Waals surface area (Å²) >= 11 is 0. The summed E-state index contributed by atoms with van der Waals surface area (Å²) in [7, 11) is 1.57. The molecule has 1 heterocycles. The van der Waals surface area contributed by atoms with E-state index < -0.39 is 0 Å². The van der Waals surface area contributed by atoms with Gasteiger partial charge in [-0.15, -0.1) is 0 Å². The van der Waals surface area contributed by atoms with Crippen LogP contribution in [0.25, 0.3) is 0 Å². The topological polar surface area (TPSA) is 70.3 Å². The summed E-state index contributed by atoms with van der Waals surface area (Å²) in [6.07, 6.45) is 2.32. The van der Waals surface area contributed by atoms with Crippen LogP contribution in [0.4, 0.5) is 5.69 Å². The summed E-state index contributed by atoms with van der Waals surface area (Å²) in [6.45, 7) is 2.03. The first-order valence-corrected chi connectivity index (χ1v) is 5.65. The van der Waals surface area contributed by atoms with E-state index in [2.05, 4.69) is 9.97 Å². The van der Waals surface area contributed by atoms with Crippen LogP contribution in [0.5, 0.6) is 17.4 Å². The lowest BCUT2D eigenvalue weighted by molar-refractivity contribution is 0.414. The lowest BCUT2D eigenvalue weighted by Gasteiger charge is -2.08. The van der Waals surface area contributed by atoms with Gasteiger partial charge in [0, 0.05) is 17.8 Å². The normalized spacial score (nSPS) is 10.1. The second-order valence-corrected chi connectivity index (χ2v) is 3.71. The molecule has 2 rings (SSSR count). The Kier molecular flexibility index (Phi) is 3.62. The lowest BCUT2D eigenvalue weighted by Crippen LogP contribution is -1.95. The van der Waals surface area contributed by atoms with E-state index in [1.165, 1.54) is 6.33 Å². The largest absolute Gasteiger partial charge is 0.495 e. The Morgan fingerprint density at radius 3 is 2.72 bits per heavy atom. The van der Waals surface area contributed by atoms with Crippen LogP contribution in [0, 0.1) is 0 Å². The van der Waals surface area contributed by atoms with Gasteiger partial charge < -0.3 is 15.2 Å². The zero-order chi connectivity index (χ0) is 13.0.